The number of rotatable bonds is 5. The summed E-state index contributed by atoms with van der Waals surface area (Å²) in [5.41, 5.74) is -0.381. The Morgan fingerprint density at radius 2 is 2.28 bits per heavy atom. The van der Waals surface area contributed by atoms with Crippen molar-refractivity contribution in [3.8, 4) is 0 Å². The second-order valence-electron chi connectivity index (χ2n) is 3.62. The third-order valence-corrected chi connectivity index (χ3v) is 3.53. The molecule has 0 saturated carbocycles. The quantitative estimate of drug-likeness (QED) is 0.510. The third-order valence-electron chi connectivity index (χ3n) is 2.43. The highest BCUT2D eigenvalue weighted by Crippen LogP contribution is 2.26. The van der Waals surface area contributed by atoms with Gasteiger partial charge in [-0.15, -0.1) is 0 Å². The molecule has 1 atom stereocenters. The van der Waals surface area contributed by atoms with Crippen LogP contribution >= 0.6 is 27.5 Å². The minimum absolute atomic E-state index is 0.0751. The van der Waals surface area contributed by atoms with E-state index in [0.29, 0.717) is 5.33 Å². The molecular weight excluding hydrogens is 323 g/mol. The summed E-state index contributed by atoms with van der Waals surface area (Å²) in [5.74, 6) is -0.529. The van der Waals surface area contributed by atoms with Crippen LogP contribution in [0.1, 0.15) is 23.7 Å². The zero-order valence-electron chi connectivity index (χ0n) is 9.65. The molecule has 1 amide bonds. The fourth-order valence-electron chi connectivity index (χ4n) is 1.40. The maximum absolute atomic E-state index is 12.0. The average molecular weight is 336 g/mol. The van der Waals surface area contributed by atoms with Crippen molar-refractivity contribution in [3.63, 3.8) is 0 Å². The fourth-order valence-corrected chi connectivity index (χ4v) is 2.27. The zero-order chi connectivity index (χ0) is 13.7. The first-order valence-electron chi connectivity index (χ1n) is 5.31. The molecular formula is C11H12BrClN2O3. The van der Waals surface area contributed by atoms with Crippen LogP contribution in [0.2, 0.25) is 5.02 Å². The molecule has 0 bridgehead atoms. The summed E-state index contributed by atoms with van der Waals surface area (Å²) in [6, 6.07) is 4.07. The van der Waals surface area contributed by atoms with Crippen molar-refractivity contribution in [2.24, 2.45) is 0 Å². The number of carbonyl (C=O) groups is 1. The van der Waals surface area contributed by atoms with Gasteiger partial charge in [0.1, 0.15) is 5.56 Å². The Balaban J connectivity index is 3.08. The van der Waals surface area contributed by atoms with E-state index in [0.717, 1.165) is 6.42 Å². The number of hydrogen-bond acceptors (Lipinski definition) is 3. The summed E-state index contributed by atoms with van der Waals surface area (Å²) in [5, 5.41) is 14.2. The first-order valence-corrected chi connectivity index (χ1v) is 6.80. The molecule has 0 aliphatic heterocycles. The van der Waals surface area contributed by atoms with Gasteiger partial charge >= 0.3 is 0 Å². The van der Waals surface area contributed by atoms with Gasteiger partial charge in [-0.3, -0.25) is 14.9 Å². The van der Waals surface area contributed by atoms with Gasteiger partial charge in [-0.25, -0.2) is 0 Å². The lowest BCUT2D eigenvalue weighted by molar-refractivity contribution is -0.385. The van der Waals surface area contributed by atoms with E-state index >= 15 is 0 Å². The predicted octanol–water partition coefficient (Wildman–Crippen LogP) is 3.15. The summed E-state index contributed by atoms with van der Waals surface area (Å²) in [6.07, 6.45) is 0.718. The predicted molar refractivity (Wildman–Crippen MR) is 73.4 cm³/mol. The van der Waals surface area contributed by atoms with E-state index in [1.54, 1.807) is 0 Å². The van der Waals surface area contributed by atoms with Gasteiger partial charge in [0.25, 0.3) is 11.6 Å². The van der Waals surface area contributed by atoms with Gasteiger partial charge in [0.05, 0.1) is 9.95 Å². The Labute approximate surface area is 118 Å². The minimum Gasteiger partial charge on any atom is -0.348 e. The van der Waals surface area contributed by atoms with Gasteiger partial charge in [-0.05, 0) is 12.5 Å². The lowest BCUT2D eigenvalue weighted by atomic mass is 10.1. The molecule has 18 heavy (non-hydrogen) atoms. The molecule has 0 spiro atoms. The van der Waals surface area contributed by atoms with E-state index in [4.69, 9.17) is 11.6 Å². The average Bonchev–Trinajstić information content (AvgIpc) is 2.35. The van der Waals surface area contributed by atoms with Crippen LogP contribution in [0.5, 0.6) is 0 Å². The van der Waals surface area contributed by atoms with E-state index in [2.05, 4.69) is 21.2 Å². The highest BCUT2D eigenvalue weighted by molar-refractivity contribution is 9.09. The highest BCUT2D eigenvalue weighted by Gasteiger charge is 2.24. The number of benzene rings is 1. The van der Waals surface area contributed by atoms with Crippen molar-refractivity contribution in [2.45, 2.75) is 19.4 Å². The molecule has 1 unspecified atom stereocenters. The van der Waals surface area contributed by atoms with E-state index in [1.165, 1.54) is 18.2 Å². The Hall–Kier alpha value is -1.14. The van der Waals surface area contributed by atoms with Crippen molar-refractivity contribution in [1.29, 1.82) is 0 Å². The molecule has 5 nitrogen and oxygen atoms in total. The molecule has 0 heterocycles. The topological polar surface area (TPSA) is 72.2 Å². The van der Waals surface area contributed by atoms with Gasteiger partial charge < -0.3 is 5.32 Å². The number of hydrogen-bond donors (Lipinski definition) is 1. The number of nitro groups is 1. The van der Waals surface area contributed by atoms with Gasteiger partial charge in [0, 0.05) is 17.4 Å². The second kappa shape index (κ2) is 6.70. The Bertz CT molecular complexity index is 464. The zero-order valence-corrected chi connectivity index (χ0v) is 12.0. The highest BCUT2D eigenvalue weighted by atomic mass is 79.9. The lowest BCUT2D eigenvalue weighted by Gasteiger charge is -2.14. The van der Waals surface area contributed by atoms with Gasteiger partial charge in [-0.1, -0.05) is 40.5 Å². The molecule has 1 N–H and O–H groups in total. The van der Waals surface area contributed by atoms with Crippen molar-refractivity contribution < 1.29 is 9.72 Å². The number of carbonyl (C=O) groups excluding carboxylic acids is 1. The van der Waals surface area contributed by atoms with Gasteiger partial charge in [-0.2, -0.15) is 0 Å². The van der Waals surface area contributed by atoms with E-state index < -0.39 is 10.8 Å². The smallest absolute Gasteiger partial charge is 0.283 e. The monoisotopic (exact) mass is 334 g/mol. The molecule has 1 aromatic carbocycles. The fraction of sp³-hybridized carbons (Fsp3) is 0.364. The van der Waals surface area contributed by atoms with Crippen LogP contribution in [0.4, 0.5) is 5.69 Å². The van der Waals surface area contributed by atoms with Gasteiger partial charge in [0.2, 0.25) is 0 Å². The van der Waals surface area contributed by atoms with Crippen molar-refractivity contribution in [1.82, 2.24) is 5.32 Å². The summed E-state index contributed by atoms with van der Waals surface area (Å²) >= 11 is 9.12. The minimum atomic E-state index is -0.615. The van der Waals surface area contributed by atoms with E-state index in [9.17, 15) is 14.9 Å². The van der Waals surface area contributed by atoms with E-state index in [-0.39, 0.29) is 22.3 Å². The van der Waals surface area contributed by atoms with Crippen molar-refractivity contribution >= 4 is 39.1 Å². The Kier molecular flexibility index (Phi) is 5.55. The van der Waals surface area contributed by atoms with Crippen molar-refractivity contribution in [3.05, 3.63) is 38.9 Å². The number of nitrogens with one attached hydrogen (secondary N) is 1. The molecule has 0 aliphatic rings. The second-order valence-corrected chi connectivity index (χ2v) is 4.68. The van der Waals surface area contributed by atoms with E-state index in [1.807, 2.05) is 6.92 Å². The molecule has 1 rings (SSSR count). The summed E-state index contributed by atoms with van der Waals surface area (Å²) in [6.45, 7) is 1.91. The summed E-state index contributed by atoms with van der Waals surface area (Å²) < 4.78 is 0. The third kappa shape index (κ3) is 3.43. The molecule has 0 aromatic heterocycles. The number of alkyl halides is 1. The normalized spacial score (nSPS) is 11.9. The molecule has 0 radical (unpaired) electrons. The van der Waals surface area contributed by atoms with Crippen LogP contribution in [0.3, 0.4) is 0 Å². The summed E-state index contributed by atoms with van der Waals surface area (Å²) in [4.78, 5) is 22.2. The number of amides is 1. The number of nitrogens with zero attached hydrogens (tertiary/aromatic N) is 1. The van der Waals surface area contributed by atoms with Crippen LogP contribution in [0.15, 0.2) is 18.2 Å². The SMILES string of the molecule is CCC(CBr)NC(=O)c1c(Cl)cccc1[N+](=O)[O-]. The lowest BCUT2D eigenvalue weighted by Crippen LogP contribution is -2.36. The number of nitro benzene ring substituents is 1. The molecule has 0 aliphatic carbocycles. The maximum atomic E-state index is 12.0. The first kappa shape index (κ1) is 14.9. The molecule has 1 aromatic rings. The van der Waals surface area contributed by atoms with Crippen LogP contribution < -0.4 is 5.32 Å². The Morgan fingerprint density at radius 1 is 1.61 bits per heavy atom. The van der Waals surface area contributed by atoms with Gasteiger partial charge in [0.15, 0.2) is 0 Å². The molecule has 7 heteroatoms. The number of halogens is 2. The van der Waals surface area contributed by atoms with Crippen LogP contribution in [-0.4, -0.2) is 22.2 Å². The maximum Gasteiger partial charge on any atom is 0.283 e. The van der Waals surface area contributed by atoms with Crippen LogP contribution in [0.25, 0.3) is 0 Å². The molecule has 98 valence electrons. The van der Waals surface area contributed by atoms with Crippen LogP contribution in [-0.2, 0) is 0 Å². The largest absolute Gasteiger partial charge is 0.348 e. The Morgan fingerprint density at radius 3 is 2.78 bits per heavy atom. The standard InChI is InChI=1S/C11H12BrClN2O3/c1-2-7(6-12)14-11(16)10-8(13)4-3-5-9(10)15(17)18/h3-5,7H,2,6H2,1H3,(H,14,16). The van der Waals surface area contributed by atoms with Crippen LogP contribution in [0, 0.1) is 10.1 Å². The molecule has 0 saturated heterocycles. The summed E-state index contributed by atoms with van der Waals surface area (Å²) in [7, 11) is 0. The van der Waals surface area contributed by atoms with Crippen molar-refractivity contribution in [2.75, 3.05) is 5.33 Å². The first-order chi connectivity index (χ1) is 8.51. The molecule has 0 fully saturated rings.